The molecule has 3 heterocycles. The Hall–Kier alpha value is -1.95. The van der Waals surface area contributed by atoms with Gasteiger partial charge < -0.3 is 9.26 Å². The molecule has 0 saturated carbocycles. The molecule has 0 spiro atoms. The number of thiophene rings is 1. The Balaban J connectivity index is 1.95. The monoisotopic (exact) mass is 289 g/mol. The van der Waals surface area contributed by atoms with E-state index < -0.39 is 0 Å². The van der Waals surface area contributed by atoms with Gasteiger partial charge in [-0.2, -0.15) is 0 Å². The van der Waals surface area contributed by atoms with Crippen LogP contribution < -0.4 is 4.74 Å². The molecular formula is C14H15N3O2S. The summed E-state index contributed by atoms with van der Waals surface area (Å²) in [4.78, 5) is 10.8. The molecule has 0 amide bonds. The minimum absolute atomic E-state index is 0.404. The second-order valence-electron chi connectivity index (χ2n) is 4.73. The summed E-state index contributed by atoms with van der Waals surface area (Å²) in [5.41, 5.74) is 3.01. The Kier molecular flexibility index (Phi) is 3.17. The maximum Gasteiger partial charge on any atom is 0.225 e. The van der Waals surface area contributed by atoms with Crippen LogP contribution in [0, 0.1) is 27.7 Å². The number of fused-ring (bicyclic) bond motifs is 1. The SMILES string of the molecule is Cc1noc(C)c1COc1ncnc2sc(C)c(C)c12. The average molecular weight is 289 g/mol. The van der Waals surface area contributed by atoms with Crippen LogP contribution in [0.15, 0.2) is 10.9 Å². The van der Waals surface area contributed by atoms with Crippen molar-refractivity contribution in [3.05, 3.63) is 33.8 Å². The van der Waals surface area contributed by atoms with Gasteiger partial charge >= 0.3 is 0 Å². The van der Waals surface area contributed by atoms with Crippen LogP contribution in [-0.2, 0) is 6.61 Å². The maximum atomic E-state index is 5.88. The van der Waals surface area contributed by atoms with Crippen LogP contribution in [0.2, 0.25) is 0 Å². The Morgan fingerprint density at radius 2 is 2.00 bits per heavy atom. The zero-order valence-electron chi connectivity index (χ0n) is 11.9. The molecule has 0 N–H and O–H groups in total. The molecule has 3 aromatic heterocycles. The average Bonchev–Trinajstić information content (AvgIpc) is 2.89. The summed E-state index contributed by atoms with van der Waals surface area (Å²) in [7, 11) is 0. The Bertz CT molecular complexity index is 757. The summed E-state index contributed by atoms with van der Waals surface area (Å²) in [5, 5.41) is 4.93. The van der Waals surface area contributed by atoms with Gasteiger partial charge in [-0.1, -0.05) is 5.16 Å². The molecule has 6 heteroatoms. The van der Waals surface area contributed by atoms with Crippen molar-refractivity contribution in [1.82, 2.24) is 15.1 Å². The fraction of sp³-hybridized carbons (Fsp3) is 0.357. The van der Waals surface area contributed by atoms with E-state index in [0.717, 1.165) is 27.2 Å². The second-order valence-corrected chi connectivity index (χ2v) is 5.94. The zero-order chi connectivity index (χ0) is 14.3. The van der Waals surface area contributed by atoms with Gasteiger partial charge in [0.25, 0.3) is 0 Å². The van der Waals surface area contributed by atoms with Gasteiger partial charge in [-0.05, 0) is 33.3 Å². The fourth-order valence-corrected chi connectivity index (χ4v) is 3.10. The molecule has 104 valence electrons. The molecule has 0 atom stereocenters. The third kappa shape index (κ3) is 2.06. The lowest BCUT2D eigenvalue weighted by atomic mass is 10.2. The van der Waals surface area contributed by atoms with Gasteiger partial charge in [-0.15, -0.1) is 11.3 Å². The topological polar surface area (TPSA) is 61.0 Å². The second kappa shape index (κ2) is 4.86. The van der Waals surface area contributed by atoms with Crippen molar-refractivity contribution >= 4 is 21.6 Å². The predicted octanol–water partition coefficient (Wildman–Crippen LogP) is 3.49. The minimum Gasteiger partial charge on any atom is -0.472 e. The molecule has 0 unspecified atom stereocenters. The zero-order valence-corrected chi connectivity index (χ0v) is 12.7. The molecule has 0 bridgehead atoms. The molecular weight excluding hydrogens is 274 g/mol. The minimum atomic E-state index is 0.404. The van der Waals surface area contributed by atoms with Gasteiger partial charge in [0.05, 0.1) is 16.6 Å². The molecule has 5 nitrogen and oxygen atoms in total. The Morgan fingerprint density at radius 3 is 2.70 bits per heavy atom. The largest absolute Gasteiger partial charge is 0.472 e. The van der Waals surface area contributed by atoms with E-state index in [-0.39, 0.29) is 0 Å². The van der Waals surface area contributed by atoms with Gasteiger partial charge in [-0.3, -0.25) is 0 Å². The standard InChI is InChI=1S/C14H15N3O2S/c1-7-10(4)20-14-12(7)13(15-6-16-14)18-5-11-8(2)17-19-9(11)3/h6H,5H2,1-4H3. The number of nitrogens with zero attached hydrogens (tertiary/aromatic N) is 3. The van der Waals surface area contributed by atoms with E-state index in [1.54, 1.807) is 17.7 Å². The van der Waals surface area contributed by atoms with Crippen LogP contribution in [0.3, 0.4) is 0 Å². The third-order valence-corrected chi connectivity index (χ3v) is 4.58. The molecule has 0 aliphatic carbocycles. The number of hydrogen-bond acceptors (Lipinski definition) is 6. The van der Waals surface area contributed by atoms with Gasteiger partial charge in [0.1, 0.15) is 23.5 Å². The lowest BCUT2D eigenvalue weighted by Gasteiger charge is -2.06. The van der Waals surface area contributed by atoms with Crippen LogP contribution in [0.25, 0.3) is 10.2 Å². The summed E-state index contributed by atoms with van der Waals surface area (Å²) in [6.07, 6.45) is 1.54. The van der Waals surface area contributed by atoms with Crippen molar-refractivity contribution in [2.24, 2.45) is 0 Å². The van der Waals surface area contributed by atoms with Crippen molar-refractivity contribution in [2.45, 2.75) is 34.3 Å². The van der Waals surface area contributed by atoms with Crippen LogP contribution in [0.5, 0.6) is 5.88 Å². The normalized spacial score (nSPS) is 11.2. The first-order valence-corrected chi connectivity index (χ1v) is 7.15. The first-order valence-electron chi connectivity index (χ1n) is 6.33. The molecule has 3 aromatic rings. The number of aryl methyl sites for hydroxylation is 4. The molecule has 0 radical (unpaired) electrons. The summed E-state index contributed by atoms with van der Waals surface area (Å²) < 4.78 is 11.0. The molecule has 3 rings (SSSR count). The van der Waals surface area contributed by atoms with E-state index in [9.17, 15) is 0 Å². The summed E-state index contributed by atoms with van der Waals surface area (Å²) in [6.45, 7) is 8.35. The van der Waals surface area contributed by atoms with E-state index in [0.29, 0.717) is 12.5 Å². The van der Waals surface area contributed by atoms with E-state index in [2.05, 4.69) is 29.0 Å². The highest BCUT2D eigenvalue weighted by Gasteiger charge is 2.15. The lowest BCUT2D eigenvalue weighted by Crippen LogP contribution is -2.00. The van der Waals surface area contributed by atoms with Crippen molar-refractivity contribution in [3.63, 3.8) is 0 Å². The molecule has 0 aliphatic rings. The van der Waals surface area contributed by atoms with Crippen molar-refractivity contribution in [3.8, 4) is 5.88 Å². The smallest absolute Gasteiger partial charge is 0.225 e. The third-order valence-electron chi connectivity index (χ3n) is 3.47. The molecule has 0 aromatic carbocycles. The number of ether oxygens (including phenoxy) is 1. The van der Waals surface area contributed by atoms with E-state index >= 15 is 0 Å². The van der Waals surface area contributed by atoms with Gasteiger partial charge in [0, 0.05) is 4.88 Å². The van der Waals surface area contributed by atoms with Crippen molar-refractivity contribution in [2.75, 3.05) is 0 Å². The lowest BCUT2D eigenvalue weighted by molar-refractivity contribution is 0.293. The van der Waals surface area contributed by atoms with E-state index in [1.165, 1.54) is 10.4 Å². The number of hydrogen-bond donors (Lipinski definition) is 0. The first kappa shape index (κ1) is 13.1. The van der Waals surface area contributed by atoms with Gasteiger partial charge in [0.15, 0.2) is 0 Å². The summed E-state index contributed by atoms with van der Waals surface area (Å²) in [6, 6.07) is 0. The quantitative estimate of drug-likeness (QED) is 0.738. The van der Waals surface area contributed by atoms with E-state index in [1.807, 2.05) is 13.8 Å². The van der Waals surface area contributed by atoms with Crippen LogP contribution in [-0.4, -0.2) is 15.1 Å². The predicted molar refractivity (Wildman–Crippen MR) is 77.2 cm³/mol. The molecule has 0 aliphatic heterocycles. The van der Waals surface area contributed by atoms with Gasteiger partial charge in [0.2, 0.25) is 5.88 Å². The molecule has 0 saturated heterocycles. The fourth-order valence-electron chi connectivity index (χ4n) is 2.11. The maximum absolute atomic E-state index is 5.88. The first-order chi connectivity index (χ1) is 9.58. The van der Waals surface area contributed by atoms with Crippen molar-refractivity contribution in [1.29, 1.82) is 0 Å². The van der Waals surface area contributed by atoms with Gasteiger partial charge in [-0.25, -0.2) is 9.97 Å². The number of rotatable bonds is 3. The number of aromatic nitrogens is 3. The van der Waals surface area contributed by atoms with Crippen LogP contribution >= 0.6 is 11.3 Å². The van der Waals surface area contributed by atoms with Crippen LogP contribution in [0.1, 0.15) is 27.5 Å². The Morgan fingerprint density at radius 1 is 1.20 bits per heavy atom. The summed E-state index contributed by atoms with van der Waals surface area (Å²) >= 11 is 1.66. The summed E-state index contributed by atoms with van der Waals surface area (Å²) in [5.74, 6) is 1.41. The van der Waals surface area contributed by atoms with Crippen molar-refractivity contribution < 1.29 is 9.26 Å². The van der Waals surface area contributed by atoms with E-state index in [4.69, 9.17) is 9.26 Å². The highest BCUT2D eigenvalue weighted by atomic mass is 32.1. The molecule has 20 heavy (non-hydrogen) atoms. The van der Waals surface area contributed by atoms with Crippen LogP contribution in [0.4, 0.5) is 0 Å². The Labute approximate surface area is 120 Å². The molecule has 0 fully saturated rings. The highest BCUT2D eigenvalue weighted by Crippen LogP contribution is 2.34. The highest BCUT2D eigenvalue weighted by molar-refractivity contribution is 7.18.